The summed E-state index contributed by atoms with van der Waals surface area (Å²) in [7, 11) is 0. The third kappa shape index (κ3) is 2.69. The fourth-order valence-corrected chi connectivity index (χ4v) is 3.64. The number of benzene rings is 1. The maximum absolute atomic E-state index is 9.35. The molecule has 3 rings (SSSR count). The smallest absolute Gasteiger partial charge is 0.103 e. The van der Waals surface area contributed by atoms with Gasteiger partial charge in [-0.1, -0.05) is 6.07 Å². The van der Waals surface area contributed by atoms with Gasteiger partial charge in [0, 0.05) is 49.8 Å². The number of anilines is 1. The Bertz CT molecular complexity index is 519. The molecule has 2 aliphatic rings. The molecule has 0 spiro atoms. The van der Waals surface area contributed by atoms with Gasteiger partial charge in [0.1, 0.15) is 6.07 Å². The van der Waals surface area contributed by atoms with E-state index in [1.54, 1.807) is 0 Å². The van der Waals surface area contributed by atoms with Crippen molar-refractivity contribution in [2.24, 2.45) is 0 Å². The zero-order chi connectivity index (χ0) is 13.9. The highest BCUT2D eigenvalue weighted by atomic mass is 79.9. The minimum absolute atomic E-state index is 0.627. The molecule has 106 valence electrons. The van der Waals surface area contributed by atoms with Crippen molar-refractivity contribution in [3.8, 4) is 6.07 Å². The van der Waals surface area contributed by atoms with Crippen LogP contribution in [0.3, 0.4) is 0 Å². The van der Waals surface area contributed by atoms with Gasteiger partial charge in [0.05, 0.1) is 11.3 Å². The summed E-state index contributed by atoms with van der Waals surface area (Å²) >= 11 is 3.48. The molecule has 0 aromatic heterocycles. The second-order valence-electron chi connectivity index (χ2n) is 5.42. The average molecular weight is 335 g/mol. The van der Waals surface area contributed by atoms with Crippen LogP contribution in [0.5, 0.6) is 0 Å². The number of nitrogens with one attached hydrogen (secondary N) is 1. The van der Waals surface area contributed by atoms with Crippen molar-refractivity contribution in [2.75, 3.05) is 44.2 Å². The molecule has 2 heterocycles. The summed E-state index contributed by atoms with van der Waals surface area (Å²) in [4.78, 5) is 4.94. The molecule has 0 bridgehead atoms. The Morgan fingerprint density at radius 2 is 2.05 bits per heavy atom. The standard InChI is InChI=1S/C15H19BrN4/c16-14-2-1-3-15(13(14)10-17)20-7-4-12(11-20)19-8-5-18-6-9-19/h1-3,12,18H,4-9,11H2. The Labute approximate surface area is 128 Å². The molecule has 0 amide bonds. The molecule has 1 aromatic carbocycles. The van der Waals surface area contributed by atoms with Gasteiger partial charge in [0.2, 0.25) is 0 Å². The van der Waals surface area contributed by atoms with Crippen LogP contribution >= 0.6 is 15.9 Å². The first-order chi connectivity index (χ1) is 9.79. The van der Waals surface area contributed by atoms with E-state index in [0.717, 1.165) is 55.0 Å². The highest BCUT2D eigenvalue weighted by molar-refractivity contribution is 9.10. The van der Waals surface area contributed by atoms with E-state index < -0.39 is 0 Å². The minimum atomic E-state index is 0.627. The molecule has 2 aliphatic heterocycles. The summed E-state index contributed by atoms with van der Waals surface area (Å²) in [5.74, 6) is 0. The van der Waals surface area contributed by atoms with Crippen molar-refractivity contribution in [1.29, 1.82) is 5.26 Å². The SMILES string of the molecule is N#Cc1c(Br)cccc1N1CCC(N2CCNCC2)C1. The summed E-state index contributed by atoms with van der Waals surface area (Å²) < 4.78 is 0.892. The van der Waals surface area contributed by atoms with Crippen LogP contribution in [0.4, 0.5) is 5.69 Å². The molecule has 5 heteroatoms. The Balaban J connectivity index is 1.74. The Kier molecular flexibility index (Phi) is 4.25. The van der Waals surface area contributed by atoms with Crippen LogP contribution in [0.15, 0.2) is 22.7 Å². The predicted molar refractivity (Wildman–Crippen MR) is 83.9 cm³/mol. The molecule has 0 aliphatic carbocycles. The lowest BCUT2D eigenvalue weighted by Gasteiger charge is -2.32. The van der Waals surface area contributed by atoms with Gasteiger partial charge in [-0.15, -0.1) is 0 Å². The summed E-state index contributed by atoms with van der Waals surface area (Å²) in [6.45, 7) is 6.54. The molecule has 2 saturated heterocycles. The number of rotatable bonds is 2. The van der Waals surface area contributed by atoms with Crippen LogP contribution in [0.25, 0.3) is 0 Å². The maximum Gasteiger partial charge on any atom is 0.103 e. The first kappa shape index (κ1) is 13.9. The molecule has 2 fully saturated rings. The van der Waals surface area contributed by atoms with E-state index in [1.807, 2.05) is 12.1 Å². The van der Waals surface area contributed by atoms with E-state index in [1.165, 1.54) is 6.42 Å². The number of nitrogens with zero attached hydrogens (tertiary/aromatic N) is 3. The predicted octanol–water partition coefficient (Wildman–Crippen LogP) is 1.80. The van der Waals surface area contributed by atoms with Crippen molar-refractivity contribution in [1.82, 2.24) is 10.2 Å². The van der Waals surface area contributed by atoms with Crippen molar-refractivity contribution >= 4 is 21.6 Å². The highest BCUT2D eigenvalue weighted by Crippen LogP contribution is 2.30. The lowest BCUT2D eigenvalue weighted by Crippen LogP contribution is -2.49. The lowest BCUT2D eigenvalue weighted by atomic mass is 10.2. The largest absolute Gasteiger partial charge is 0.369 e. The third-order valence-electron chi connectivity index (χ3n) is 4.28. The monoisotopic (exact) mass is 334 g/mol. The second kappa shape index (κ2) is 6.13. The molecule has 1 atom stereocenters. The fraction of sp³-hybridized carbons (Fsp3) is 0.533. The minimum Gasteiger partial charge on any atom is -0.369 e. The lowest BCUT2D eigenvalue weighted by molar-refractivity contribution is 0.185. The zero-order valence-corrected chi connectivity index (χ0v) is 13.1. The zero-order valence-electron chi connectivity index (χ0n) is 11.5. The van der Waals surface area contributed by atoms with E-state index in [4.69, 9.17) is 0 Å². The summed E-state index contributed by atoms with van der Waals surface area (Å²) in [5, 5.41) is 12.8. The summed E-state index contributed by atoms with van der Waals surface area (Å²) in [6.07, 6.45) is 1.19. The second-order valence-corrected chi connectivity index (χ2v) is 6.27. The normalized spacial score (nSPS) is 23.8. The molecule has 0 saturated carbocycles. The molecule has 1 unspecified atom stereocenters. The molecule has 4 nitrogen and oxygen atoms in total. The van der Waals surface area contributed by atoms with Crippen molar-refractivity contribution in [2.45, 2.75) is 12.5 Å². The van der Waals surface area contributed by atoms with Gasteiger partial charge in [-0.3, -0.25) is 4.90 Å². The molecular formula is C15H19BrN4. The summed E-state index contributed by atoms with van der Waals surface area (Å²) in [6, 6.07) is 8.96. The number of nitriles is 1. The Morgan fingerprint density at radius 1 is 1.25 bits per heavy atom. The highest BCUT2D eigenvalue weighted by Gasteiger charge is 2.29. The van der Waals surface area contributed by atoms with Crippen LogP contribution in [-0.2, 0) is 0 Å². The first-order valence-electron chi connectivity index (χ1n) is 7.18. The van der Waals surface area contributed by atoms with E-state index >= 15 is 0 Å². The maximum atomic E-state index is 9.35. The van der Waals surface area contributed by atoms with Gasteiger partial charge >= 0.3 is 0 Å². The van der Waals surface area contributed by atoms with Gasteiger partial charge in [-0.2, -0.15) is 5.26 Å². The van der Waals surface area contributed by atoms with Crippen molar-refractivity contribution < 1.29 is 0 Å². The number of hydrogen-bond donors (Lipinski definition) is 1. The first-order valence-corrected chi connectivity index (χ1v) is 7.97. The molecule has 20 heavy (non-hydrogen) atoms. The quantitative estimate of drug-likeness (QED) is 0.895. The molecule has 1 N–H and O–H groups in total. The van der Waals surface area contributed by atoms with Gasteiger partial charge in [-0.05, 0) is 34.5 Å². The number of halogens is 1. The van der Waals surface area contributed by atoms with Gasteiger partial charge in [-0.25, -0.2) is 0 Å². The van der Waals surface area contributed by atoms with Crippen LogP contribution in [0, 0.1) is 11.3 Å². The Hall–Kier alpha value is -1.09. The Morgan fingerprint density at radius 3 is 2.80 bits per heavy atom. The fourth-order valence-electron chi connectivity index (χ4n) is 3.19. The van der Waals surface area contributed by atoms with Gasteiger partial charge in [0.15, 0.2) is 0 Å². The molecule has 1 aromatic rings. The van der Waals surface area contributed by atoms with E-state index in [9.17, 15) is 5.26 Å². The van der Waals surface area contributed by atoms with E-state index in [-0.39, 0.29) is 0 Å². The van der Waals surface area contributed by atoms with Crippen LogP contribution in [0.1, 0.15) is 12.0 Å². The topological polar surface area (TPSA) is 42.3 Å². The third-order valence-corrected chi connectivity index (χ3v) is 4.94. The average Bonchev–Trinajstić information content (AvgIpc) is 2.97. The van der Waals surface area contributed by atoms with Gasteiger partial charge < -0.3 is 10.2 Å². The number of hydrogen-bond acceptors (Lipinski definition) is 4. The van der Waals surface area contributed by atoms with Crippen molar-refractivity contribution in [3.05, 3.63) is 28.2 Å². The van der Waals surface area contributed by atoms with Gasteiger partial charge in [0.25, 0.3) is 0 Å². The van der Waals surface area contributed by atoms with Crippen LogP contribution in [0.2, 0.25) is 0 Å². The van der Waals surface area contributed by atoms with E-state index in [0.29, 0.717) is 6.04 Å². The van der Waals surface area contributed by atoms with E-state index in [2.05, 4.69) is 43.2 Å². The molecular weight excluding hydrogens is 316 g/mol. The van der Waals surface area contributed by atoms with Crippen LogP contribution < -0.4 is 10.2 Å². The molecule has 0 radical (unpaired) electrons. The van der Waals surface area contributed by atoms with Crippen molar-refractivity contribution in [3.63, 3.8) is 0 Å². The number of piperazine rings is 1. The summed E-state index contributed by atoms with van der Waals surface area (Å²) in [5.41, 5.74) is 1.83. The van der Waals surface area contributed by atoms with Crippen LogP contribution in [-0.4, -0.2) is 50.2 Å².